The van der Waals surface area contributed by atoms with Gasteiger partial charge in [-0.25, -0.2) is 4.79 Å². The molecule has 0 spiro atoms. The van der Waals surface area contributed by atoms with Crippen molar-refractivity contribution in [3.63, 3.8) is 0 Å². The van der Waals surface area contributed by atoms with Crippen molar-refractivity contribution in [3.05, 3.63) is 33.4 Å². The molecule has 0 unspecified atom stereocenters. The number of rotatable bonds is 2. The predicted molar refractivity (Wildman–Crippen MR) is 60.9 cm³/mol. The molecule has 0 heterocycles. The van der Waals surface area contributed by atoms with Crippen LogP contribution in [0.25, 0.3) is 6.08 Å². The normalized spacial score (nSPS) is 10.5. The van der Waals surface area contributed by atoms with Gasteiger partial charge < -0.3 is 10.8 Å². The third-order valence-corrected chi connectivity index (χ3v) is 1.92. The standard InChI is InChI=1S/C9H8INO2/c10-4-3-6-1-2-7(9(12)13)8(11)5-6/h1-5H,11H2,(H,12,13). The van der Waals surface area contributed by atoms with E-state index in [4.69, 9.17) is 10.8 Å². The van der Waals surface area contributed by atoms with Crippen LogP contribution in [0, 0.1) is 0 Å². The Morgan fingerprint density at radius 2 is 2.23 bits per heavy atom. The van der Waals surface area contributed by atoms with E-state index >= 15 is 0 Å². The lowest BCUT2D eigenvalue weighted by Gasteiger charge is -2.00. The highest BCUT2D eigenvalue weighted by Crippen LogP contribution is 2.15. The maximum Gasteiger partial charge on any atom is 0.337 e. The van der Waals surface area contributed by atoms with Gasteiger partial charge in [-0.2, -0.15) is 0 Å². The van der Waals surface area contributed by atoms with Crippen LogP contribution < -0.4 is 5.73 Å². The first kappa shape index (κ1) is 10.0. The second kappa shape index (κ2) is 4.27. The van der Waals surface area contributed by atoms with E-state index in [0.29, 0.717) is 5.69 Å². The average molecular weight is 289 g/mol. The van der Waals surface area contributed by atoms with Crippen LogP contribution in [-0.4, -0.2) is 11.1 Å². The van der Waals surface area contributed by atoms with Crippen molar-refractivity contribution in [2.24, 2.45) is 0 Å². The maximum atomic E-state index is 10.6. The van der Waals surface area contributed by atoms with E-state index in [-0.39, 0.29) is 5.56 Å². The summed E-state index contributed by atoms with van der Waals surface area (Å²) >= 11 is 2.09. The molecule has 0 aliphatic rings. The Balaban J connectivity index is 3.12. The lowest BCUT2D eigenvalue weighted by molar-refractivity contribution is 0.0698. The fourth-order valence-corrected chi connectivity index (χ4v) is 1.37. The lowest BCUT2D eigenvalue weighted by Crippen LogP contribution is -2.01. The van der Waals surface area contributed by atoms with Gasteiger partial charge in [0.15, 0.2) is 0 Å². The molecule has 0 aromatic heterocycles. The van der Waals surface area contributed by atoms with Gasteiger partial charge >= 0.3 is 5.97 Å². The molecule has 0 aliphatic heterocycles. The van der Waals surface area contributed by atoms with Gasteiger partial charge in [0, 0.05) is 5.69 Å². The second-order valence-electron chi connectivity index (χ2n) is 2.44. The molecular weight excluding hydrogens is 281 g/mol. The van der Waals surface area contributed by atoms with Crippen LogP contribution >= 0.6 is 22.6 Å². The maximum absolute atomic E-state index is 10.6. The van der Waals surface area contributed by atoms with Crippen molar-refractivity contribution >= 4 is 40.3 Å². The number of hydrogen-bond donors (Lipinski definition) is 2. The number of anilines is 1. The molecule has 3 nitrogen and oxygen atoms in total. The molecule has 0 radical (unpaired) electrons. The molecule has 1 aromatic carbocycles. The van der Waals surface area contributed by atoms with Crippen LogP contribution in [0.5, 0.6) is 0 Å². The van der Waals surface area contributed by atoms with Crippen molar-refractivity contribution in [1.82, 2.24) is 0 Å². The number of nitrogen functional groups attached to an aromatic ring is 1. The number of halogens is 1. The first-order valence-electron chi connectivity index (χ1n) is 3.54. The minimum atomic E-state index is -0.998. The predicted octanol–water partition coefficient (Wildman–Crippen LogP) is 2.37. The summed E-state index contributed by atoms with van der Waals surface area (Å²) in [6.45, 7) is 0. The van der Waals surface area contributed by atoms with Gasteiger partial charge in [0.05, 0.1) is 5.56 Å². The Labute approximate surface area is 89.4 Å². The number of carboxylic acids is 1. The highest BCUT2D eigenvalue weighted by Gasteiger charge is 2.06. The minimum absolute atomic E-state index is 0.144. The summed E-state index contributed by atoms with van der Waals surface area (Å²) in [5.41, 5.74) is 6.87. The van der Waals surface area contributed by atoms with Crippen molar-refractivity contribution < 1.29 is 9.90 Å². The van der Waals surface area contributed by atoms with Gasteiger partial charge in [-0.05, 0) is 27.9 Å². The molecule has 1 rings (SSSR count). The molecule has 3 N–H and O–H groups in total. The number of benzene rings is 1. The van der Waals surface area contributed by atoms with E-state index in [2.05, 4.69) is 22.6 Å². The summed E-state index contributed by atoms with van der Waals surface area (Å²) in [5, 5.41) is 8.69. The van der Waals surface area contributed by atoms with Crippen LogP contribution in [0.4, 0.5) is 5.69 Å². The number of hydrogen-bond acceptors (Lipinski definition) is 2. The summed E-state index contributed by atoms with van der Waals surface area (Å²) in [7, 11) is 0. The van der Waals surface area contributed by atoms with Crippen molar-refractivity contribution in [2.45, 2.75) is 0 Å². The first-order chi connectivity index (χ1) is 6.15. The van der Waals surface area contributed by atoms with Gasteiger partial charge in [-0.3, -0.25) is 0 Å². The Bertz CT molecular complexity index is 361. The highest BCUT2D eigenvalue weighted by molar-refractivity contribution is 14.1. The van der Waals surface area contributed by atoms with Gasteiger partial charge in [-0.15, -0.1) is 0 Å². The zero-order valence-electron chi connectivity index (χ0n) is 6.70. The molecule has 1 aromatic rings. The topological polar surface area (TPSA) is 63.3 Å². The summed E-state index contributed by atoms with van der Waals surface area (Å²) in [6, 6.07) is 4.86. The average Bonchev–Trinajstić information content (AvgIpc) is 2.04. The molecule has 13 heavy (non-hydrogen) atoms. The van der Waals surface area contributed by atoms with Crippen LogP contribution in [0.15, 0.2) is 22.3 Å². The monoisotopic (exact) mass is 289 g/mol. The zero-order valence-corrected chi connectivity index (χ0v) is 8.86. The van der Waals surface area contributed by atoms with Gasteiger partial charge in [0.1, 0.15) is 0 Å². The SMILES string of the molecule is Nc1cc(C=CI)ccc1C(=O)O. The molecule has 0 saturated heterocycles. The summed E-state index contributed by atoms with van der Waals surface area (Å²) < 4.78 is 1.84. The van der Waals surface area contributed by atoms with E-state index in [0.717, 1.165) is 5.56 Å². The second-order valence-corrected chi connectivity index (χ2v) is 3.16. The van der Waals surface area contributed by atoms with E-state index < -0.39 is 5.97 Å². The van der Waals surface area contributed by atoms with Gasteiger partial charge in [0.25, 0.3) is 0 Å². The van der Waals surface area contributed by atoms with E-state index in [1.165, 1.54) is 6.07 Å². The number of nitrogens with two attached hydrogens (primary N) is 1. The van der Waals surface area contributed by atoms with E-state index in [1.807, 2.05) is 10.2 Å². The fourth-order valence-electron chi connectivity index (χ4n) is 0.952. The molecular formula is C9H8INO2. The van der Waals surface area contributed by atoms with Crippen LogP contribution in [-0.2, 0) is 0 Å². The Morgan fingerprint density at radius 3 is 2.69 bits per heavy atom. The quantitative estimate of drug-likeness (QED) is 0.649. The molecule has 0 aliphatic carbocycles. The zero-order chi connectivity index (χ0) is 9.84. The molecule has 0 saturated carbocycles. The minimum Gasteiger partial charge on any atom is -0.478 e. The van der Waals surface area contributed by atoms with E-state index in [9.17, 15) is 4.79 Å². The Kier molecular flexibility index (Phi) is 3.30. The fraction of sp³-hybridized carbons (Fsp3) is 0. The highest BCUT2D eigenvalue weighted by atomic mass is 127. The molecule has 4 heteroatoms. The number of aromatic carboxylic acids is 1. The summed E-state index contributed by atoms with van der Waals surface area (Å²) in [4.78, 5) is 10.6. The smallest absolute Gasteiger partial charge is 0.337 e. The van der Waals surface area contributed by atoms with Crippen molar-refractivity contribution in [2.75, 3.05) is 5.73 Å². The van der Waals surface area contributed by atoms with Gasteiger partial charge in [0.2, 0.25) is 0 Å². The largest absolute Gasteiger partial charge is 0.478 e. The lowest BCUT2D eigenvalue weighted by atomic mass is 10.1. The van der Waals surface area contributed by atoms with E-state index in [1.54, 1.807) is 12.1 Å². The van der Waals surface area contributed by atoms with Gasteiger partial charge in [-0.1, -0.05) is 28.7 Å². The summed E-state index contributed by atoms with van der Waals surface area (Å²) in [6.07, 6.45) is 1.85. The molecule has 0 fully saturated rings. The molecule has 0 amide bonds. The molecule has 0 atom stereocenters. The summed E-state index contributed by atoms with van der Waals surface area (Å²) in [5.74, 6) is -0.998. The Hall–Kier alpha value is -1.04. The van der Waals surface area contributed by atoms with Crippen LogP contribution in [0.1, 0.15) is 15.9 Å². The molecule has 0 bridgehead atoms. The molecule has 68 valence electrons. The van der Waals surface area contributed by atoms with Crippen molar-refractivity contribution in [3.8, 4) is 0 Å². The number of carbonyl (C=O) groups is 1. The Morgan fingerprint density at radius 1 is 1.54 bits per heavy atom. The number of carboxylic acid groups (broad SMARTS) is 1. The first-order valence-corrected chi connectivity index (χ1v) is 4.79. The van der Waals surface area contributed by atoms with Crippen LogP contribution in [0.3, 0.4) is 0 Å². The third kappa shape index (κ3) is 2.45. The van der Waals surface area contributed by atoms with Crippen LogP contribution in [0.2, 0.25) is 0 Å². The third-order valence-electron chi connectivity index (χ3n) is 1.56. The van der Waals surface area contributed by atoms with Crippen molar-refractivity contribution in [1.29, 1.82) is 0 Å².